The summed E-state index contributed by atoms with van der Waals surface area (Å²) in [7, 11) is 0. The number of rotatable bonds is 4. The zero-order chi connectivity index (χ0) is 13.1. The van der Waals surface area contributed by atoms with Gasteiger partial charge in [-0.25, -0.2) is 4.98 Å². The average Bonchev–Trinajstić information content (AvgIpc) is 2.72. The quantitative estimate of drug-likeness (QED) is 0.890. The first-order chi connectivity index (χ1) is 8.56. The molecule has 1 aliphatic carbocycles. The van der Waals surface area contributed by atoms with Gasteiger partial charge in [-0.15, -0.1) is 11.3 Å². The lowest BCUT2D eigenvalue weighted by atomic mass is 9.74. The molecule has 0 spiro atoms. The maximum atomic E-state index is 5.91. The number of nitrogens with one attached hydrogen (secondary N) is 1. The second-order valence-electron chi connectivity index (χ2n) is 5.87. The molecule has 2 nitrogen and oxygen atoms in total. The van der Waals surface area contributed by atoms with Crippen molar-refractivity contribution < 1.29 is 0 Å². The van der Waals surface area contributed by atoms with Crippen LogP contribution in [0.25, 0.3) is 0 Å². The van der Waals surface area contributed by atoms with Crippen molar-refractivity contribution in [3.05, 3.63) is 15.5 Å². The van der Waals surface area contributed by atoms with E-state index >= 15 is 0 Å². The Balaban J connectivity index is 1.92. The first-order valence-electron chi connectivity index (χ1n) is 6.90. The van der Waals surface area contributed by atoms with Crippen LogP contribution >= 0.6 is 22.9 Å². The summed E-state index contributed by atoms with van der Waals surface area (Å²) in [5.74, 6) is 2.41. The topological polar surface area (TPSA) is 24.9 Å². The van der Waals surface area contributed by atoms with Crippen LogP contribution in [0.4, 0.5) is 0 Å². The normalized spacial score (nSPS) is 28.8. The summed E-state index contributed by atoms with van der Waals surface area (Å²) in [5, 5.41) is 4.80. The fourth-order valence-corrected chi connectivity index (χ4v) is 3.93. The van der Waals surface area contributed by atoms with Gasteiger partial charge in [-0.2, -0.15) is 0 Å². The van der Waals surface area contributed by atoms with E-state index in [0.29, 0.717) is 6.04 Å². The van der Waals surface area contributed by atoms with Crippen LogP contribution in [0.15, 0.2) is 6.20 Å². The first-order valence-corrected chi connectivity index (χ1v) is 8.09. The molecule has 1 N–H and O–H groups in total. The van der Waals surface area contributed by atoms with Gasteiger partial charge in [0, 0.05) is 12.6 Å². The van der Waals surface area contributed by atoms with Crippen molar-refractivity contribution in [2.75, 3.05) is 0 Å². The number of halogens is 1. The van der Waals surface area contributed by atoms with Crippen LogP contribution in [-0.2, 0) is 6.54 Å². The highest BCUT2D eigenvalue weighted by atomic mass is 35.5. The molecule has 0 bridgehead atoms. The van der Waals surface area contributed by atoms with Gasteiger partial charge in [-0.05, 0) is 30.6 Å². The van der Waals surface area contributed by atoms with Crippen molar-refractivity contribution in [1.82, 2.24) is 10.3 Å². The van der Waals surface area contributed by atoms with Gasteiger partial charge in [0.2, 0.25) is 0 Å². The van der Waals surface area contributed by atoms with Crippen LogP contribution < -0.4 is 5.32 Å². The van der Waals surface area contributed by atoms with Gasteiger partial charge >= 0.3 is 0 Å². The van der Waals surface area contributed by atoms with Gasteiger partial charge in [0.15, 0.2) is 0 Å². The second kappa shape index (κ2) is 6.36. The third-order valence-corrected chi connectivity index (χ3v) is 5.18. The highest BCUT2D eigenvalue weighted by Gasteiger charge is 2.30. The summed E-state index contributed by atoms with van der Waals surface area (Å²) < 4.78 is 0.782. The summed E-state index contributed by atoms with van der Waals surface area (Å²) in [4.78, 5) is 4.31. The Morgan fingerprint density at radius 1 is 1.50 bits per heavy atom. The van der Waals surface area contributed by atoms with E-state index in [9.17, 15) is 0 Å². The molecule has 102 valence electrons. The number of hydrogen-bond donors (Lipinski definition) is 1. The maximum absolute atomic E-state index is 5.91. The smallest absolute Gasteiger partial charge is 0.113 e. The van der Waals surface area contributed by atoms with Crippen LogP contribution in [-0.4, -0.2) is 11.0 Å². The molecule has 18 heavy (non-hydrogen) atoms. The van der Waals surface area contributed by atoms with Crippen molar-refractivity contribution in [3.63, 3.8) is 0 Å². The lowest BCUT2D eigenvalue weighted by Crippen LogP contribution is -2.42. The third-order valence-electron chi connectivity index (χ3n) is 4.06. The second-order valence-corrected chi connectivity index (χ2v) is 7.62. The summed E-state index contributed by atoms with van der Waals surface area (Å²) in [5.41, 5.74) is 0. The maximum Gasteiger partial charge on any atom is 0.113 e. The van der Waals surface area contributed by atoms with Crippen molar-refractivity contribution in [1.29, 1.82) is 0 Å². The molecule has 1 aliphatic rings. The van der Waals surface area contributed by atoms with Crippen molar-refractivity contribution in [2.45, 2.75) is 52.6 Å². The van der Waals surface area contributed by atoms with E-state index in [1.165, 1.54) is 19.3 Å². The van der Waals surface area contributed by atoms with Crippen LogP contribution in [0.2, 0.25) is 4.34 Å². The van der Waals surface area contributed by atoms with Crippen LogP contribution in [0, 0.1) is 17.8 Å². The predicted octanol–water partition coefficient (Wildman–Crippen LogP) is 4.35. The Morgan fingerprint density at radius 3 is 2.89 bits per heavy atom. The Bertz CT molecular complexity index is 378. The van der Waals surface area contributed by atoms with E-state index in [4.69, 9.17) is 11.6 Å². The molecular formula is C14H23ClN2S. The molecule has 4 heteroatoms. The molecule has 1 aromatic heterocycles. The van der Waals surface area contributed by atoms with Crippen molar-refractivity contribution in [3.8, 4) is 0 Å². The van der Waals surface area contributed by atoms with Gasteiger partial charge in [0.05, 0.1) is 6.20 Å². The van der Waals surface area contributed by atoms with Crippen molar-refractivity contribution >= 4 is 22.9 Å². The summed E-state index contributed by atoms with van der Waals surface area (Å²) in [6.45, 7) is 7.91. The minimum absolute atomic E-state index is 0.636. The Morgan fingerprint density at radius 2 is 2.28 bits per heavy atom. The fourth-order valence-electron chi connectivity index (χ4n) is 3.03. The number of hydrogen-bond acceptors (Lipinski definition) is 3. The minimum atomic E-state index is 0.636. The Labute approximate surface area is 119 Å². The first kappa shape index (κ1) is 14.3. The zero-order valence-corrected chi connectivity index (χ0v) is 13.0. The van der Waals surface area contributed by atoms with E-state index in [1.54, 1.807) is 17.5 Å². The predicted molar refractivity (Wildman–Crippen MR) is 79.1 cm³/mol. The molecule has 1 aromatic rings. The largest absolute Gasteiger partial charge is 0.307 e. The number of nitrogens with zero attached hydrogens (tertiary/aromatic N) is 1. The highest BCUT2D eigenvalue weighted by molar-refractivity contribution is 7.15. The van der Waals surface area contributed by atoms with Gasteiger partial charge in [0.25, 0.3) is 0 Å². The molecule has 0 amide bonds. The third kappa shape index (κ3) is 3.69. The molecule has 0 radical (unpaired) electrons. The molecule has 1 fully saturated rings. The van der Waals surface area contributed by atoms with Gasteiger partial charge in [-0.1, -0.05) is 38.8 Å². The van der Waals surface area contributed by atoms with Crippen molar-refractivity contribution in [2.24, 2.45) is 17.8 Å². The van der Waals surface area contributed by atoms with E-state index < -0.39 is 0 Å². The summed E-state index contributed by atoms with van der Waals surface area (Å²) in [6.07, 6.45) is 5.77. The van der Waals surface area contributed by atoms with E-state index in [-0.39, 0.29) is 0 Å². The molecule has 0 aromatic carbocycles. The zero-order valence-electron chi connectivity index (χ0n) is 11.4. The van der Waals surface area contributed by atoms with Crippen LogP contribution in [0.5, 0.6) is 0 Å². The lowest BCUT2D eigenvalue weighted by Gasteiger charge is -2.37. The number of thiazole rings is 1. The molecule has 3 unspecified atom stereocenters. The molecule has 0 aliphatic heterocycles. The standard InChI is InChI=1S/C14H23ClN2S/c1-9(2)11-5-4-10(3)6-12(11)16-8-14-17-7-13(15)18-14/h7,9-12,16H,4-6,8H2,1-3H3. The fraction of sp³-hybridized carbons (Fsp3) is 0.786. The number of aromatic nitrogens is 1. The summed E-state index contributed by atoms with van der Waals surface area (Å²) >= 11 is 7.49. The molecular weight excluding hydrogens is 264 g/mol. The monoisotopic (exact) mass is 286 g/mol. The van der Waals surface area contributed by atoms with Crippen LogP contribution in [0.3, 0.4) is 0 Å². The van der Waals surface area contributed by atoms with Gasteiger partial charge in [0.1, 0.15) is 9.34 Å². The lowest BCUT2D eigenvalue weighted by molar-refractivity contribution is 0.169. The molecule has 0 saturated heterocycles. The Hall–Kier alpha value is -0.120. The van der Waals surface area contributed by atoms with E-state index in [2.05, 4.69) is 31.1 Å². The van der Waals surface area contributed by atoms with Gasteiger partial charge in [-0.3, -0.25) is 0 Å². The van der Waals surface area contributed by atoms with Crippen LogP contribution in [0.1, 0.15) is 45.0 Å². The molecule has 1 saturated carbocycles. The highest BCUT2D eigenvalue weighted by Crippen LogP contribution is 2.33. The molecule has 2 rings (SSSR count). The summed E-state index contributed by atoms with van der Waals surface area (Å²) in [6, 6.07) is 0.636. The minimum Gasteiger partial charge on any atom is -0.307 e. The SMILES string of the molecule is CC1CCC(C(C)C)C(NCc2ncc(Cl)s2)C1. The van der Waals surface area contributed by atoms with Gasteiger partial charge < -0.3 is 5.32 Å². The molecule has 3 atom stereocenters. The molecule has 1 heterocycles. The average molecular weight is 287 g/mol. The van der Waals surface area contributed by atoms with E-state index in [0.717, 1.165) is 33.6 Å². The van der Waals surface area contributed by atoms with E-state index in [1.807, 2.05) is 0 Å². The Kier molecular flexibility index (Phi) is 5.05.